The van der Waals surface area contributed by atoms with Gasteiger partial charge in [-0.1, -0.05) is 24.3 Å². The third-order valence-electron chi connectivity index (χ3n) is 4.68. The summed E-state index contributed by atoms with van der Waals surface area (Å²) in [6.07, 6.45) is 1.72. The molecule has 2 aromatic rings. The molecule has 1 aliphatic rings. The van der Waals surface area contributed by atoms with Crippen LogP contribution in [0.2, 0.25) is 0 Å². The van der Waals surface area contributed by atoms with E-state index in [0.29, 0.717) is 18.7 Å². The fraction of sp³-hybridized carbons (Fsp3) is 0.381. The van der Waals surface area contributed by atoms with Crippen LogP contribution in [0.4, 0.5) is 0 Å². The molecular formula is C21H26N2O4S. The quantitative estimate of drug-likeness (QED) is 0.736. The fourth-order valence-corrected chi connectivity index (χ4v) is 4.28. The number of benzene rings is 2. The number of hydrogen-bond donors (Lipinski definition) is 1. The lowest BCUT2D eigenvalue weighted by Gasteiger charge is -2.20. The van der Waals surface area contributed by atoms with Gasteiger partial charge in [0.25, 0.3) is 5.91 Å². The minimum atomic E-state index is -3.61. The summed E-state index contributed by atoms with van der Waals surface area (Å²) in [6.45, 7) is 4.63. The van der Waals surface area contributed by atoms with E-state index in [1.165, 1.54) is 6.07 Å². The molecule has 3 rings (SSSR count). The van der Waals surface area contributed by atoms with Crippen LogP contribution in [0.15, 0.2) is 47.4 Å². The second-order valence-electron chi connectivity index (χ2n) is 7.07. The number of nitrogens with one attached hydrogen (secondary N) is 1. The average molecular weight is 403 g/mol. The van der Waals surface area contributed by atoms with Gasteiger partial charge in [0.2, 0.25) is 10.0 Å². The van der Waals surface area contributed by atoms with E-state index in [-0.39, 0.29) is 16.8 Å². The van der Waals surface area contributed by atoms with Crippen molar-refractivity contribution >= 4 is 15.9 Å². The second-order valence-corrected chi connectivity index (χ2v) is 8.79. The maximum absolute atomic E-state index is 13.0. The van der Waals surface area contributed by atoms with Gasteiger partial charge in [-0.15, -0.1) is 0 Å². The molecule has 0 unspecified atom stereocenters. The maximum atomic E-state index is 13.0. The Morgan fingerprint density at radius 3 is 2.61 bits per heavy atom. The minimum absolute atomic E-state index is 0.0168. The highest BCUT2D eigenvalue weighted by Gasteiger charge is 2.29. The van der Waals surface area contributed by atoms with Crippen molar-refractivity contribution in [3.05, 3.63) is 59.2 Å². The minimum Gasteiger partial charge on any atom is -0.494 e. The van der Waals surface area contributed by atoms with Crippen LogP contribution in [0.1, 0.15) is 41.3 Å². The summed E-state index contributed by atoms with van der Waals surface area (Å²) in [5.41, 5.74) is 2.02. The molecule has 1 amide bonds. The van der Waals surface area contributed by atoms with Crippen molar-refractivity contribution in [1.82, 2.24) is 9.62 Å². The van der Waals surface area contributed by atoms with Gasteiger partial charge in [0.15, 0.2) is 0 Å². The van der Waals surface area contributed by atoms with Gasteiger partial charge in [-0.25, -0.2) is 13.1 Å². The molecule has 7 heteroatoms. The molecular weight excluding hydrogens is 376 g/mol. The highest BCUT2D eigenvalue weighted by molar-refractivity contribution is 7.89. The lowest BCUT2D eigenvalue weighted by atomic mass is 10.1. The van der Waals surface area contributed by atoms with Crippen LogP contribution >= 0.6 is 0 Å². The molecule has 28 heavy (non-hydrogen) atoms. The van der Waals surface area contributed by atoms with Crippen LogP contribution in [-0.2, 0) is 16.6 Å². The van der Waals surface area contributed by atoms with Crippen LogP contribution in [0, 0.1) is 6.92 Å². The van der Waals surface area contributed by atoms with E-state index < -0.39 is 10.0 Å². The van der Waals surface area contributed by atoms with E-state index in [9.17, 15) is 13.2 Å². The maximum Gasteiger partial charge on any atom is 0.254 e. The summed E-state index contributed by atoms with van der Waals surface area (Å²) in [4.78, 5) is 14.7. The molecule has 0 aromatic heterocycles. The van der Waals surface area contributed by atoms with Crippen LogP contribution in [0.25, 0.3) is 0 Å². The zero-order valence-corrected chi connectivity index (χ0v) is 17.3. The first kappa shape index (κ1) is 20.4. The molecule has 6 nitrogen and oxygen atoms in total. The Balaban J connectivity index is 1.82. The number of aryl methyl sites for hydroxylation is 1. The predicted octanol–water partition coefficient (Wildman–Crippen LogP) is 3.11. The summed E-state index contributed by atoms with van der Waals surface area (Å²) >= 11 is 0. The largest absolute Gasteiger partial charge is 0.494 e. The molecule has 1 aliphatic carbocycles. The summed E-state index contributed by atoms with van der Waals surface area (Å²) < 4.78 is 33.3. The lowest BCUT2D eigenvalue weighted by molar-refractivity contribution is 0.0783. The smallest absolute Gasteiger partial charge is 0.254 e. The average Bonchev–Trinajstić information content (AvgIpc) is 3.46. The molecule has 0 atom stereocenters. The first-order valence-corrected chi connectivity index (χ1v) is 10.9. The number of hydrogen-bond acceptors (Lipinski definition) is 4. The van der Waals surface area contributed by atoms with Gasteiger partial charge in [-0.05, 0) is 50.5 Å². The highest BCUT2D eigenvalue weighted by Crippen LogP contribution is 2.24. The fourth-order valence-electron chi connectivity index (χ4n) is 2.95. The number of ether oxygens (including phenoxy) is 1. The van der Waals surface area contributed by atoms with Crippen LogP contribution < -0.4 is 9.46 Å². The molecule has 0 bridgehead atoms. The van der Waals surface area contributed by atoms with Crippen molar-refractivity contribution in [3.8, 4) is 5.75 Å². The lowest BCUT2D eigenvalue weighted by Crippen LogP contribution is -2.29. The zero-order chi connectivity index (χ0) is 20.3. The van der Waals surface area contributed by atoms with E-state index in [1.54, 1.807) is 31.0 Å². The third kappa shape index (κ3) is 4.72. The summed E-state index contributed by atoms with van der Waals surface area (Å²) in [5.74, 6) is 0.513. The van der Waals surface area contributed by atoms with Crippen molar-refractivity contribution in [2.45, 2.75) is 44.2 Å². The van der Waals surface area contributed by atoms with E-state index in [1.807, 2.05) is 31.2 Å². The SMILES string of the molecule is CCOc1ccccc1CN(C)C(=O)c1cc(S(=O)(=O)NC2CC2)ccc1C. The molecule has 2 aromatic carbocycles. The normalized spacial score (nSPS) is 14.0. The van der Waals surface area contributed by atoms with E-state index in [0.717, 1.165) is 29.7 Å². The summed E-state index contributed by atoms with van der Waals surface area (Å²) in [5, 5.41) is 0. The Bertz CT molecular complexity index is 968. The summed E-state index contributed by atoms with van der Waals surface area (Å²) in [7, 11) is -1.91. The number of carbonyl (C=O) groups is 1. The molecule has 1 N–H and O–H groups in total. The third-order valence-corrected chi connectivity index (χ3v) is 6.19. The van der Waals surface area contributed by atoms with Crippen molar-refractivity contribution in [2.75, 3.05) is 13.7 Å². The van der Waals surface area contributed by atoms with Crippen molar-refractivity contribution in [1.29, 1.82) is 0 Å². The molecule has 150 valence electrons. The van der Waals surface area contributed by atoms with E-state index in [2.05, 4.69) is 4.72 Å². The molecule has 0 spiro atoms. The highest BCUT2D eigenvalue weighted by atomic mass is 32.2. The molecule has 0 saturated heterocycles. The number of nitrogens with zero attached hydrogens (tertiary/aromatic N) is 1. The molecule has 0 radical (unpaired) electrons. The van der Waals surface area contributed by atoms with Gasteiger partial charge in [0, 0.05) is 30.8 Å². The number of rotatable bonds is 8. The van der Waals surface area contributed by atoms with Gasteiger partial charge in [0.05, 0.1) is 11.5 Å². The van der Waals surface area contributed by atoms with Gasteiger partial charge in [-0.2, -0.15) is 0 Å². The molecule has 1 fully saturated rings. The Hall–Kier alpha value is -2.38. The van der Waals surface area contributed by atoms with Crippen LogP contribution in [0.3, 0.4) is 0 Å². The monoisotopic (exact) mass is 402 g/mol. The first-order valence-electron chi connectivity index (χ1n) is 9.41. The van der Waals surface area contributed by atoms with Gasteiger partial charge in [0.1, 0.15) is 5.75 Å². The topological polar surface area (TPSA) is 75.7 Å². The van der Waals surface area contributed by atoms with Gasteiger partial charge in [-0.3, -0.25) is 4.79 Å². The summed E-state index contributed by atoms with van der Waals surface area (Å²) in [6, 6.07) is 12.3. The van der Waals surface area contributed by atoms with Gasteiger partial charge >= 0.3 is 0 Å². The standard InChI is InChI=1S/C21H26N2O4S/c1-4-27-20-8-6-5-7-16(20)14-23(3)21(24)19-13-18(12-9-15(19)2)28(25,26)22-17-10-11-17/h5-9,12-13,17,22H,4,10-11,14H2,1-3H3. The molecule has 0 aliphatic heterocycles. The Kier molecular flexibility index (Phi) is 6.05. The van der Waals surface area contributed by atoms with Crippen molar-refractivity contribution < 1.29 is 17.9 Å². The number of carbonyl (C=O) groups excluding carboxylic acids is 1. The number of amides is 1. The predicted molar refractivity (Wildman–Crippen MR) is 108 cm³/mol. The van der Waals surface area contributed by atoms with Crippen LogP contribution in [-0.4, -0.2) is 38.9 Å². The Morgan fingerprint density at radius 1 is 1.21 bits per heavy atom. The Labute approximate surface area is 166 Å². The zero-order valence-electron chi connectivity index (χ0n) is 16.4. The van der Waals surface area contributed by atoms with E-state index >= 15 is 0 Å². The molecule has 1 saturated carbocycles. The molecule has 0 heterocycles. The number of para-hydroxylation sites is 1. The Morgan fingerprint density at radius 2 is 1.93 bits per heavy atom. The second kappa shape index (κ2) is 8.32. The van der Waals surface area contributed by atoms with Gasteiger partial charge < -0.3 is 9.64 Å². The van der Waals surface area contributed by atoms with Crippen molar-refractivity contribution in [2.24, 2.45) is 0 Å². The van der Waals surface area contributed by atoms with E-state index in [4.69, 9.17) is 4.74 Å². The number of sulfonamides is 1. The van der Waals surface area contributed by atoms with Crippen molar-refractivity contribution in [3.63, 3.8) is 0 Å². The van der Waals surface area contributed by atoms with Crippen LogP contribution in [0.5, 0.6) is 5.75 Å². The first-order chi connectivity index (χ1) is 13.3.